The Labute approximate surface area is 129 Å². The lowest BCUT2D eigenvalue weighted by atomic mass is 10.2. The van der Waals surface area contributed by atoms with Crippen LogP contribution in [0.5, 0.6) is 0 Å². The molecule has 1 aromatic heterocycles. The summed E-state index contributed by atoms with van der Waals surface area (Å²) in [6, 6.07) is 10.3. The first-order chi connectivity index (χ1) is 10.4. The van der Waals surface area contributed by atoms with Crippen LogP contribution in [-0.2, 0) is 6.54 Å². The van der Waals surface area contributed by atoms with Crippen molar-refractivity contribution in [3.63, 3.8) is 0 Å². The molecule has 3 rings (SSSR count). The second kappa shape index (κ2) is 6.76. The molecule has 1 saturated carbocycles. The number of nitrogens with zero attached hydrogens (tertiary/aromatic N) is 3. The van der Waals surface area contributed by atoms with Crippen molar-refractivity contribution >= 4 is 17.8 Å². The van der Waals surface area contributed by atoms with Gasteiger partial charge >= 0.3 is 0 Å². The van der Waals surface area contributed by atoms with Gasteiger partial charge in [-0.1, -0.05) is 60.3 Å². The summed E-state index contributed by atoms with van der Waals surface area (Å²) in [5, 5.41) is 9.68. The van der Waals surface area contributed by atoms with Crippen molar-refractivity contribution in [1.29, 1.82) is 0 Å². The monoisotopic (exact) mass is 297 g/mol. The topological polar surface area (TPSA) is 30.7 Å². The van der Waals surface area contributed by atoms with Gasteiger partial charge in [0.2, 0.25) is 0 Å². The second-order valence-electron chi connectivity index (χ2n) is 5.14. The number of rotatable bonds is 7. The zero-order valence-corrected chi connectivity index (χ0v) is 12.8. The Kier molecular flexibility index (Phi) is 4.55. The Bertz CT molecular complexity index is 627. The Morgan fingerprint density at radius 2 is 2.05 bits per heavy atom. The SMILES string of the molecule is C=CCn1c(SC/C=C/c2ccccc2)nnc1C1CC1. The van der Waals surface area contributed by atoms with Gasteiger partial charge in [-0.25, -0.2) is 0 Å². The molecule has 4 heteroatoms. The molecule has 0 aliphatic heterocycles. The molecule has 1 fully saturated rings. The van der Waals surface area contributed by atoms with Crippen molar-refractivity contribution in [3.8, 4) is 0 Å². The molecule has 0 bridgehead atoms. The number of hydrogen-bond donors (Lipinski definition) is 0. The Morgan fingerprint density at radius 1 is 1.24 bits per heavy atom. The minimum atomic E-state index is 0.617. The first kappa shape index (κ1) is 14.1. The van der Waals surface area contributed by atoms with E-state index in [1.807, 2.05) is 12.1 Å². The molecule has 1 aliphatic carbocycles. The van der Waals surface area contributed by atoms with Gasteiger partial charge in [-0.3, -0.25) is 0 Å². The molecular weight excluding hydrogens is 278 g/mol. The molecule has 1 heterocycles. The summed E-state index contributed by atoms with van der Waals surface area (Å²) in [6.45, 7) is 4.63. The van der Waals surface area contributed by atoms with Crippen LogP contribution >= 0.6 is 11.8 Å². The fourth-order valence-corrected chi connectivity index (χ4v) is 2.99. The third-order valence-electron chi connectivity index (χ3n) is 3.42. The summed E-state index contributed by atoms with van der Waals surface area (Å²) in [6.07, 6.45) is 8.72. The van der Waals surface area contributed by atoms with Crippen molar-refractivity contribution in [2.24, 2.45) is 0 Å². The predicted octanol–water partition coefficient (Wildman–Crippen LogP) is 4.15. The zero-order valence-electron chi connectivity index (χ0n) is 12.0. The highest BCUT2D eigenvalue weighted by molar-refractivity contribution is 7.99. The molecule has 21 heavy (non-hydrogen) atoms. The molecule has 0 radical (unpaired) electrons. The van der Waals surface area contributed by atoms with Crippen molar-refractivity contribution in [1.82, 2.24) is 14.8 Å². The van der Waals surface area contributed by atoms with E-state index >= 15 is 0 Å². The van der Waals surface area contributed by atoms with Gasteiger partial charge < -0.3 is 4.57 Å². The van der Waals surface area contributed by atoms with Crippen LogP contribution in [0.4, 0.5) is 0 Å². The fourth-order valence-electron chi connectivity index (χ4n) is 2.22. The second-order valence-corrected chi connectivity index (χ2v) is 6.13. The van der Waals surface area contributed by atoms with Crippen LogP contribution in [-0.4, -0.2) is 20.5 Å². The van der Waals surface area contributed by atoms with E-state index in [2.05, 4.69) is 57.8 Å². The molecule has 3 nitrogen and oxygen atoms in total. The fraction of sp³-hybridized carbons (Fsp3) is 0.294. The largest absolute Gasteiger partial charge is 0.302 e. The van der Waals surface area contributed by atoms with Crippen LogP contribution < -0.4 is 0 Å². The summed E-state index contributed by atoms with van der Waals surface area (Å²) < 4.78 is 2.20. The molecule has 0 spiro atoms. The molecule has 0 atom stereocenters. The van der Waals surface area contributed by atoms with Gasteiger partial charge in [0.15, 0.2) is 5.16 Å². The first-order valence-corrected chi connectivity index (χ1v) is 8.25. The highest BCUT2D eigenvalue weighted by Crippen LogP contribution is 2.40. The third-order valence-corrected chi connectivity index (χ3v) is 4.34. The Morgan fingerprint density at radius 3 is 2.76 bits per heavy atom. The van der Waals surface area contributed by atoms with E-state index in [-0.39, 0.29) is 0 Å². The zero-order chi connectivity index (χ0) is 14.5. The molecule has 1 aromatic carbocycles. The summed E-state index contributed by atoms with van der Waals surface area (Å²) in [5.41, 5.74) is 1.23. The molecule has 1 aliphatic rings. The summed E-state index contributed by atoms with van der Waals surface area (Å²) >= 11 is 1.73. The van der Waals surface area contributed by atoms with Crippen molar-refractivity contribution in [2.45, 2.75) is 30.5 Å². The van der Waals surface area contributed by atoms with Gasteiger partial charge in [0, 0.05) is 18.2 Å². The van der Waals surface area contributed by atoms with Gasteiger partial charge in [-0.15, -0.1) is 16.8 Å². The van der Waals surface area contributed by atoms with E-state index in [1.54, 1.807) is 11.8 Å². The van der Waals surface area contributed by atoms with E-state index in [0.717, 1.165) is 23.3 Å². The van der Waals surface area contributed by atoms with Crippen LogP contribution in [0.25, 0.3) is 6.08 Å². The van der Waals surface area contributed by atoms with Crippen LogP contribution in [0.15, 0.2) is 54.2 Å². The minimum Gasteiger partial charge on any atom is -0.302 e. The van der Waals surface area contributed by atoms with Gasteiger partial charge in [-0.05, 0) is 18.4 Å². The lowest BCUT2D eigenvalue weighted by Crippen LogP contribution is -2.02. The quantitative estimate of drug-likeness (QED) is 0.568. The maximum Gasteiger partial charge on any atom is 0.191 e. The van der Waals surface area contributed by atoms with Gasteiger partial charge in [-0.2, -0.15) is 0 Å². The Balaban J connectivity index is 1.62. The predicted molar refractivity (Wildman–Crippen MR) is 88.4 cm³/mol. The van der Waals surface area contributed by atoms with E-state index in [4.69, 9.17) is 0 Å². The highest BCUT2D eigenvalue weighted by atomic mass is 32.2. The summed E-state index contributed by atoms with van der Waals surface area (Å²) in [7, 11) is 0. The molecule has 108 valence electrons. The number of benzene rings is 1. The summed E-state index contributed by atoms with van der Waals surface area (Å²) in [5.74, 6) is 2.64. The third kappa shape index (κ3) is 3.64. The maximum atomic E-state index is 4.35. The molecule has 0 saturated heterocycles. The van der Waals surface area contributed by atoms with Gasteiger partial charge in [0.25, 0.3) is 0 Å². The van der Waals surface area contributed by atoms with Crippen LogP contribution in [0.3, 0.4) is 0 Å². The van der Waals surface area contributed by atoms with Gasteiger partial charge in [0.1, 0.15) is 5.82 Å². The summed E-state index contributed by atoms with van der Waals surface area (Å²) in [4.78, 5) is 0. The van der Waals surface area contributed by atoms with Crippen molar-refractivity contribution in [3.05, 3.63) is 60.5 Å². The van der Waals surface area contributed by atoms with E-state index in [0.29, 0.717) is 5.92 Å². The van der Waals surface area contributed by atoms with Crippen LogP contribution in [0.1, 0.15) is 30.1 Å². The standard InChI is InChI=1S/C17H19N3S/c1-2-12-20-16(15-10-11-15)18-19-17(20)21-13-6-9-14-7-4-3-5-8-14/h2-9,15H,1,10-13H2/b9-6+. The molecule has 0 N–H and O–H groups in total. The molecule has 0 amide bonds. The average molecular weight is 297 g/mol. The van der Waals surface area contributed by atoms with Gasteiger partial charge in [0.05, 0.1) is 0 Å². The first-order valence-electron chi connectivity index (χ1n) is 7.27. The Hall–Kier alpha value is -1.81. The lowest BCUT2D eigenvalue weighted by Gasteiger charge is -2.05. The molecular formula is C17H19N3S. The van der Waals surface area contributed by atoms with Crippen molar-refractivity contribution < 1.29 is 0 Å². The van der Waals surface area contributed by atoms with Crippen LogP contribution in [0.2, 0.25) is 0 Å². The number of thioether (sulfide) groups is 1. The minimum absolute atomic E-state index is 0.617. The average Bonchev–Trinajstić information content (AvgIpc) is 3.28. The van der Waals surface area contributed by atoms with Crippen molar-refractivity contribution in [2.75, 3.05) is 5.75 Å². The maximum absolute atomic E-state index is 4.35. The smallest absolute Gasteiger partial charge is 0.191 e. The van der Waals surface area contributed by atoms with E-state index in [1.165, 1.54) is 18.4 Å². The van der Waals surface area contributed by atoms with Crippen LogP contribution in [0, 0.1) is 0 Å². The number of aromatic nitrogens is 3. The van der Waals surface area contributed by atoms with E-state index < -0.39 is 0 Å². The molecule has 0 unspecified atom stereocenters. The number of allylic oxidation sites excluding steroid dienone is 1. The molecule has 2 aromatic rings. The number of hydrogen-bond acceptors (Lipinski definition) is 3. The highest BCUT2D eigenvalue weighted by Gasteiger charge is 2.29. The van der Waals surface area contributed by atoms with E-state index in [9.17, 15) is 0 Å². The lowest BCUT2D eigenvalue weighted by molar-refractivity contribution is 0.682. The normalized spacial score (nSPS) is 14.7.